The highest BCUT2D eigenvalue weighted by molar-refractivity contribution is 6.03. The molecule has 0 fully saturated rings. The molecule has 0 spiro atoms. The molecule has 0 amide bonds. The number of esters is 2. The summed E-state index contributed by atoms with van der Waals surface area (Å²) in [5.74, 6) is -4.17. The molecule has 1 aliphatic heterocycles. The lowest BCUT2D eigenvalue weighted by atomic mass is 10.0. The average molecular weight is 497 g/mol. The first-order valence-corrected chi connectivity index (χ1v) is 10.8. The fourth-order valence-corrected chi connectivity index (χ4v) is 3.63. The van der Waals surface area contributed by atoms with Crippen LogP contribution < -0.4 is 14.8 Å². The number of rotatable bonds is 9. The van der Waals surface area contributed by atoms with Gasteiger partial charge in [0.15, 0.2) is 11.5 Å². The standard InChI is InChI=1S/C24H26F3NO7/c1-4-17(28-13-18(29)15-6-8-16(9-7-15)24(25,26)27)11-14-5-10-19-20(12-14)35-23(34-19,21(30)32-2)22(31)33-3/h5-10,12,17-18,28-29H,4,11,13H2,1-3H3. The van der Waals surface area contributed by atoms with Crippen LogP contribution in [0.2, 0.25) is 0 Å². The number of alkyl halides is 3. The third kappa shape index (κ3) is 5.68. The summed E-state index contributed by atoms with van der Waals surface area (Å²) in [6, 6.07) is 9.21. The summed E-state index contributed by atoms with van der Waals surface area (Å²) < 4.78 is 58.5. The van der Waals surface area contributed by atoms with Gasteiger partial charge < -0.3 is 29.4 Å². The van der Waals surface area contributed by atoms with Crippen LogP contribution in [0.25, 0.3) is 0 Å². The van der Waals surface area contributed by atoms with E-state index in [-0.39, 0.29) is 24.1 Å². The lowest BCUT2D eigenvalue weighted by Crippen LogP contribution is -2.55. The quantitative estimate of drug-likeness (QED) is 0.402. The van der Waals surface area contributed by atoms with Crippen LogP contribution in [0.15, 0.2) is 42.5 Å². The van der Waals surface area contributed by atoms with Gasteiger partial charge in [0.05, 0.1) is 25.9 Å². The number of benzene rings is 2. The number of aliphatic hydroxyl groups excluding tert-OH is 1. The van der Waals surface area contributed by atoms with Crippen molar-refractivity contribution in [2.45, 2.75) is 43.9 Å². The maximum absolute atomic E-state index is 12.7. The van der Waals surface area contributed by atoms with Crippen LogP contribution in [0.1, 0.15) is 36.1 Å². The van der Waals surface area contributed by atoms with Crippen LogP contribution in [-0.2, 0) is 31.7 Å². The summed E-state index contributed by atoms with van der Waals surface area (Å²) in [4.78, 5) is 24.4. The normalized spacial score (nSPS) is 15.9. The molecule has 2 aromatic rings. The van der Waals surface area contributed by atoms with E-state index in [9.17, 15) is 27.9 Å². The molecule has 8 nitrogen and oxygen atoms in total. The molecule has 0 bridgehead atoms. The minimum Gasteiger partial charge on any atom is -0.463 e. The maximum atomic E-state index is 12.7. The predicted molar refractivity (Wildman–Crippen MR) is 117 cm³/mol. The second-order valence-corrected chi connectivity index (χ2v) is 7.94. The minimum atomic E-state index is -4.44. The van der Waals surface area contributed by atoms with Gasteiger partial charge in [-0.05, 0) is 48.2 Å². The van der Waals surface area contributed by atoms with Gasteiger partial charge in [0, 0.05) is 12.6 Å². The molecule has 11 heteroatoms. The highest BCUT2D eigenvalue weighted by Crippen LogP contribution is 2.41. The minimum absolute atomic E-state index is 0.0922. The Morgan fingerprint density at radius 2 is 1.63 bits per heavy atom. The van der Waals surface area contributed by atoms with E-state index in [4.69, 9.17) is 9.47 Å². The molecule has 2 atom stereocenters. The first-order valence-electron chi connectivity index (χ1n) is 10.8. The van der Waals surface area contributed by atoms with Gasteiger partial charge >= 0.3 is 23.9 Å². The van der Waals surface area contributed by atoms with Gasteiger partial charge in [0.25, 0.3) is 0 Å². The SMILES string of the molecule is CCC(Cc1ccc2c(c1)OC(C(=O)OC)(C(=O)OC)O2)NCC(O)c1ccc(C(F)(F)F)cc1. The van der Waals surface area contributed by atoms with Crippen molar-refractivity contribution >= 4 is 11.9 Å². The van der Waals surface area contributed by atoms with Crippen LogP contribution >= 0.6 is 0 Å². The Hall–Kier alpha value is -3.31. The number of aliphatic hydroxyl groups is 1. The van der Waals surface area contributed by atoms with E-state index in [2.05, 4.69) is 14.8 Å². The summed E-state index contributed by atoms with van der Waals surface area (Å²) in [5, 5.41) is 13.6. The van der Waals surface area contributed by atoms with Crippen molar-refractivity contribution in [3.8, 4) is 11.5 Å². The van der Waals surface area contributed by atoms with Crippen LogP contribution in [0, 0.1) is 0 Å². The molecule has 0 aromatic heterocycles. The van der Waals surface area contributed by atoms with Crippen molar-refractivity contribution < 1.29 is 46.8 Å². The van der Waals surface area contributed by atoms with Gasteiger partial charge in [-0.15, -0.1) is 0 Å². The highest BCUT2D eigenvalue weighted by atomic mass is 19.4. The van der Waals surface area contributed by atoms with Gasteiger partial charge in [0.1, 0.15) is 0 Å². The number of halogens is 3. The Balaban J connectivity index is 1.64. The van der Waals surface area contributed by atoms with Gasteiger partial charge in [-0.3, -0.25) is 0 Å². The molecule has 2 unspecified atom stereocenters. The fourth-order valence-electron chi connectivity index (χ4n) is 3.63. The second-order valence-electron chi connectivity index (χ2n) is 7.94. The smallest absolute Gasteiger partial charge is 0.453 e. The Bertz CT molecular complexity index is 1040. The molecular formula is C24H26F3NO7. The third-order valence-electron chi connectivity index (χ3n) is 5.62. The zero-order valence-corrected chi connectivity index (χ0v) is 19.3. The number of nitrogens with one attached hydrogen (secondary N) is 1. The van der Waals surface area contributed by atoms with Crippen molar-refractivity contribution in [2.24, 2.45) is 0 Å². The highest BCUT2D eigenvalue weighted by Gasteiger charge is 2.59. The molecule has 1 heterocycles. The fraction of sp³-hybridized carbons (Fsp3) is 0.417. The topological polar surface area (TPSA) is 103 Å². The lowest BCUT2D eigenvalue weighted by Gasteiger charge is -2.21. The van der Waals surface area contributed by atoms with Gasteiger partial charge in [-0.2, -0.15) is 13.2 Å². The van der Waals surface area contributed by atoms with Gasteiger partial charge in [-0.25, -0.2) is 9.59 Å². The number of carbonyl (C=O) groups is 2. The van der Waals surface area contributed by atoms with E-state index in [1.807, 2.05) is 6.92 Å². The Labute approximate surface area is 199 Å². The van der Waals surface area contributed by atoms with Crippen molar-refractivity contribution in [1.29, 1.82) is 0 Å². The number of methoxy groups -OCH3 is 2. The summed E-state index contributed by atoms with van der Waals surface area (Å²) >= 11 is 0. The molecule has 0 radical (unpaired) electrons. The van der Waals surface area contributed by atoms with Crippen molar-refractivity contribution in [3.05, 3.63) is 59.2 Å². The first-order chi connectivity index (χ1) is 16.5. The van der Waals surface area contributed by atoms with Gasteiger partial charge in [0.2, 0.25) is 0 Å². The summed E-state index contributed by atoms with van der Waals surface area (Å²) in [6.07, 6.45) is -4.25. The van der Waals surface area contributed by atoms with E-state index in [0.29, 0.717) is 18.4 Å². The molecule has 0 aliphatic carbocycles. The largest absolute Gasteiger partial charge is 0.463 e. The first kappa shape index (κ1) is 26.3. The monoisotopic (exact) mass is 497 g/mol. The third-order valence-corrected chi connectivity index (χ3v) is 5.62. The van der Waals surface area contributed by atoms with Crippen LogP contribution in [0.5, 0.6) is 11.5 Å². The molecule has 0 saturated heterocycles. The molecular weight excluding hydrogens is 471 g/mol. The summed E-state index contributed by atoms with van der Waals surface area (Å²) in [7, 11) is 2.18. The van der Waals surface area contributed by atoms with Crippen LogP contribution in [0.4, 0.5) is 13.2 Å². The van der Waals surface area contributed by atoms with Crippen molar-refractivity contribution in [3.63, 3.8) is 0 Å². The summed E-state index contributed by atoms with van der Waals surface area (Å²) in [5.41, 5.74) is 0.380. The van der Waals surface area contributed by atoms with Crippen molar-refractivity contribution in [2.75, 3.05) is 20.8 Å². The van der Waals surface area contributed by atoms with Crippen LogP contribution in [0.3, 0.4) is 0 Å². The zero-order chi connectivity index (χ0) is 25.8. The number of hydrogen-bond donors (Lipinski definition) is 2. The predicted octanol–water partition coefficient (Wildman–Crippen LogP) is 3.16. The van der Waals surface area contributed by atoms with E-state index in [1.54, 1.807) is 18.2 Å². The zero-order valence-electron chi connectivity index (χ0n) is 19.3. The molecule has 2 N–H and O–H groups in total. The van der Waals surface area contributed by atoms with E-state index >= 15 is 0 Å². The molecule has 0 saturated carbocycles. The maximum Gasteiger partial charge on any atom is 0.453 e. The lowest BCUT2D eigenvalue weighted by molar-refractivity contribution is -0.199. The number of fused-ring (bicyclic) bond motifs is 1. The number of carbonyl (C=O) groups excluding carboxylic acids is 2. The number of hydrogen-bond acceptors (Lipinski definition) is 8. The van der Waals surface area contributed by atoms with Crippen molar-refractivity contribution in [1.82, 2.24) is 5.32 Å². The Morgan fingerprint density at radius 1 is 1.03 bits per heavy atom. The number of ether oxygens (including phenoxy) is 4. The van der Waals surface area contributed by atoms with Gasteiger partial charge in [-0.1, -0.05) is 25.1 Å². The molecule has 2 aromatic carbocycles. The summed E-state index contributed by atoms with van der Waals surface area (Å²) in [6.45, 7) is 2.07. The second kappa shape index (κ2) is 10.5. The Morgan fingerprint density at radius 3 is 2.17 bits per heavy atom. The van der Waals surface area contributed by atoms with E-state index < -0.39 is 35.6 Å². The molecule has 35 heavy (non-hydrogen) atoms. The molecule has 3 rings (SSSR count). The molecule has 1 aliphatic rings. The van der Waals surface area contributed by atoms with Crippen LogP contribution in [-0.4, -0.2) is 49.6 Å². The van der Waals surface area contributed by atoms with E-state index in [1.165, 1.54) is 12.1 Å². The molecule has 190 valence electrons. The van der Waals surface area contributed by atoms with E-state index in [0.717, 1.165) is 31.9 Å². The average Bonchev–Trinajstić information content (AvgIpc) is 3.24. The Kier molecular flexibility index (Phi) is 7.91.